The molecule has 10 heteroatoms. The predicted octanol–water partition coefficient (Wildman–Crippen LogP) is 1.75. The van der Waals surface area contributed by atoms with E-state index < -0.39 is 5.91 Å². The molecule has 0 bridgehead atoms. The van der Waals surface area contributed by atoms with Gasteiger partial charge in [0.25, 0.3) is 11.8 Å². The number of nitrogens with one attached hydrogen (secondary N) is 2. The molecule has 0 radical (unpaired) electrons. The van der Waals surface area contributed by atoms with E-state index in [9.17, 15) is 14.4 Å². The summed E-state index contributed by atoms with van der Waals surface area (Å²) < 4.78 is 17.0. The van der Waals surface area contributed by atoms with Crippen molar-refractivity contribution in [2.45, 2.75) is 44.4 Å². The van der Waals surface area contributed by atoms with Gasteiger partial charge in [-0.25, -0.2) is 0 Å². The molecule has 3 atom stereocenters. The van der Waals surface area contributed by atoms with Crippen LogP contribution in [-0.4, -0.2) is 66.7 Å². The highest BCUT2D eigenvalue weighted by Crippen LogP contribution is 2.32. The largest absolute Gasteiger partial charge is 0.490 e. The molecule has 0 unspecified atom stereocenters. The maximum Gasteiger partial charge on any atom is 0.277 e. The van der Waals surface area contributed by atoms with Gasteiger partial charge in [0, 0.05) is 25.8 Å². The van der Waals surface area contributed by atoms with Crippen LogP contribution in [0.2, 0.25) is 0 Å². The lowest BCUT2D eigenvalue weighted by atomic mass is 9.94. The Hall–Kier alpha value is -3.40. The first kappa shape index (κ1) is 21.8. The van der Waals surface area contributed by atoms with Crippen molar-refractivity contribution in [3.05, 3.63) is 41.3 Å². The highest BCUT2D eigenvalue weighted by Gasteiger charge is 2.39. The summed E-state index contributed by atoms with van der Waals surface area (Å²) in [6, 6.07) is 6.26. The summed E-state index contributed by atoms with van der Waals surface area (Å²) in [6.45, 7) is 1.95. The molecule has 2 aliphatic heterocycles. The standard InChI is InChI=1S/C22H26N4O6/c1-12-8-16(25-32-12)21(28)24-13-4-7-18-15(9-13)22(29)26(3)17-6-5-14(10-20(27)23-2)31-19(17)11-30-18/h4,7-9,14,17,19H,5-6,10-11H2,1-3H3,(H,23,27)(H,24,28)/t14-,17-,19+/m1/s1. The number of likely N-dealkylation sites (N-methyl/N-ethyl adjacent to an activating group) is 1. The molecule has 2 aromatic rings. The Morgan fingerprint density at radius 1 is 1.25 bits per heavy atom. The van der Waals surface area contributed by atoms with Gasteiger partial charge in [-0.3, -0.25) is 14.4 Å². The van der Waals surface area contributed by atoms with Gasteiger partial charge < -0.3 is 29.5 Å². The maximum absolute atomic E-state index is 13.2. The first-order valence-corrected chi connectivity index (χ1v) is 10.5. The number of anilines is 1. The van der Waals surface area contributed by atoms with E-state index >= 15 is 0 Å². The van der Waals surface area contributed by atoms with Gasteiger partial charge in [0.05, 0.1) is 24.1 Å². The average Bonchev–Trinajstić information content (AvgIpc) is 3.23. The quantitative estimate of drug-likeness (QED) is 0.739. The van der Waals surface area contributed by atoms with Crippen molar-refractivity contribution < 1.29 is 28.4 Å². The zero-order valence-electron chi connectivity index (χ0n) is 18.2. The molecular weight excluding hydrogens is 416 g/mol. The number of fused-ring (bicyclic) bond motifs is 2. The van der Waals surface area contributed by atoms with E-state index in [1.165, 1.54) is 6.07 Å². The summed E-state index contributed by atoms with van der Waals surface area (Å²) in [5.74, 6) is 0.201. The third kappa shape index (κ3) is 4.45. The molecule has 32 heavy (non-hydrogen) atoms. The number of benzene rings is 1. The van der Waals surface area contributed by atoms with Gasteiger partial charge in [-0.05, 0) is 38.0 Å². The first-order chi connectivity index (χ1) is 15.4. The van der Waals surface area contributed by atoms with Crippen LogP contribution in [0, 0.1) is 6.92 Å². The van der Waals surface area contributed by atoms with Crippen LogP contribution < -0.4 is 15.4 Å². The fourth-order valence-corrected chi connectivity index (χ4v) is 4.08. The van der Waals surface area contributed by atoms with E-state index in [2.05, 4.69) is 15.8 Å². The molecule has 10 nitrogen and oxygen atoms in total. The number of rotatable bonds is 4. The molecule has 170 valence electrons. The number of aryl methyl sites for hydroxylation is 1. The maximum atomic E-state index is 13.2. The topological polar surface area (TPSA) is 123 Å². The normalized spacial score (nSPS) is 22.7. The number of hydrogen-bond donors (Lipinski definition) is 2. The number of ether oxygens (including phenoxy) is 2. The van der Waals surface area contributed by atoms with Gasteiger partial charge in [-0.2, -0.15) is 0 Å². The lowest BCUT2D eigenvalue weighted by Crippen LogP contribution is -2.53. The molecule has 4 rings (SSSR count). The number of hydrogen-bond acceptors (Lipinski definition) is 7. The smallest absolute Gasteiger partial charge is 0.277 e. The van der Waals surface area contributed by atoms with Crippen LogP contribution in [-0.2, 0) is 9.53 Å². The minimum Gasteiger partial charge on any atom is -0.490 e. The van der Waals surface area contributed by atoms with E-state index in [0.717, 1.165) is 0 Å². The molecule has 1 fully saturated rings. The van der Waals surface area contributed by atoms with E-state index in [1.807, 2.05) is 0 Å². The van der Waals surface area contributed by atoms with Crippen molar-refractivity contribution in [2.24, 2.45) is 0 Å². The third-order valence-electron chi connectivity index (χ3n) is 5.82. The molecule has 0 aliphatic carbocycles. The van der Waals surface area contributed by atoms with Gasteiger partial charge >= 0.3 is 0 Å². The van der Waals surface area contributed by atoms with Gasteiger partial charge in [0.2, 0.25) is 5.91 Å². The second kappa shape index (κ2) is 8.99. The summed E-state index contributed by atoms with van der Waals surface area (Å²) in [6.07, 6.45) is 1.11. The number of aromatic nitrogens is 1. The van der Waals surface area contributed by atoms with Crippen LogP contribution in [0.15, 0.2) is 28.8 Å². The van der Waals surface area contributed by atoms with Crippen molar-refractivity contribution in [3.8, 4) is 5.75 Å². The van der Waals surface area contributed by atoms with Crippen molar-refractivity contribution >= 4 is 23.4 Å². The minimum absolute atomic E-state index is 0.0784. The Kier molecular flexibility index (Phi) is 6.13. The molecule has 2 N–H and O–H groups in total. The molecule has 1 aromatic carbocycles. The molecule has 0 spiro atoms. The summed E-state index contributed by atoms with van der Waals surface area (Å²) in [4.78, 5) is 39.0. The minimum atomic E-state index is -0.433. The van der Waals surface area contributed by atoms with Crippen LogP contribution in [0.3, 0.4) is 0 Å². The number of nitrogens with zero attached hydrogens (tertiary/aromatic N) is 2. The molecule has 3 heterocycles. The summed E-state index contributed by atoms with van der Waals surface area (Å²) in [5.41, 5.74) is 0.956. The highest BCUT2D eigenvalue weighted by molar-refractivity contribution is 6.04. The Morgan fingerprint density at radius 3 is 2.78 bits per heavy atom. The van der Waals surface area contributed by atoms with Crippen molar-refractivity contribution in [3.63, 3.8) is 0 Å². The predicted molar refractivity (Wildman–Crippen MR) is 114 cm³/mol. The zero-order chi connectivity index (χ0) is 22.8. The Morgan fingerprint density at radius 2 is 2.06 bits per heavy atom. The summed E-state index contributed by atoms with van der Waals surface area (Å²) in [7, 11) is 3.33. The number of carbonyl (C=O) groups excluding carboxylic acids is 3. The SMILES string of the molecule is CNC(=O)C[C@H]1CC[C@@H]2[C@H](COc3ccc(NC(=O)c4cc(C)on4)cc3C(=O)N2C)O1. The van der Waals surface area contributed by atoms with Crippen LogP contribution in [0.5, 0.6) is 5.75 Å². The van der Waals surface area contributed by atoms with Crippen molar-refractivity contribution in [2.75, 3.05) is 26.0 Å². The van der Waals surface area contributed by atoms with Gasteiger partial charge in [0.1, 0.15) is 24.2 Å². The van der Waals surface area contributed by atoms with E-state index in [1.54, 1.807) is 44.1 Å². The van der Waals surface area contributed by atoms with Crippen LogP contribution in [0.25, 0.3) is 0 Å². The second-order valence-electron chi connectivity index (χ2n) is 8.03. The zero-order valence-corrected chi connectivity index (χ0v) is 18.2. The Balaban J connectivity index is 1.51. The fourth-order valence-electron chi connectivity index (χ4n) is 4.08. The molecule has 1 aromatic heterocycles. The lowest BCUT2D eigenvalue weighted by Gasteiger charge is -2.42. The van der Waals surface area contributed by atoms with Crippen molar-refractivity contribution in [1.82, 2.24) is 15.4 Å². The van der Waals surface area contributed by atoms with Gasteiger partial charge in [-0.1, -0.05) is 5.16 Å². The molecule has 3 amide bonds. The van der Waals surface area contributed by atoms with Crippen molar-refractivity contribution in [1.29, 1.82) is 0 Å². The average molecular weight is 442 g/mol. The highest BCUT2D eigenvalue weighted by atomic mass is 16.5. The molecule has 0 saturated carbocycles. The van der Waals surface area contributed by atoms with Crippen LogP contribution in [0.4, 0.5) is 5.69 Å². The van der Waals surface area contributed by atoms with Crippen LogP contribution >= 0.6 is 0 Å². The van der Waals surface area contributed by atoms with Gasteiger partial charge in [-0.15, -0.1) is 0 Å². The summed E-state index contributed by atoms with van der Waals surface area (Å²) in [5, 5.41) is 9.04. The Bertz CT molecular complexity index is 1040. The number of amides is 3. The molecule has 2 aliphatic rings. The molecular formula is C22H26N4O6. The van der Waals surface area contributed by atoms with E-state index in [0.29, 0.717) is 35.6 Å². The Labute approximate surface area is 185 Å². The third-order valence-corrected chi connectivity index (χ3v) is 5.82. The summed E-state index contributed by atoms with van der Waals surface area (Å²) >= 11 is 0. The number of carbonyl (C=O) groups is 3. The monoisotopic (exact) mass is 442 g/mol. The molecule has 1 saturated heterocycles. The fraction of sp³-hybridized carbons (Fsp3) is 0.455. The lowest BCUT2D eigenvalue weighted by molar-refractivity contribution is -0.133. The van der Waals surface area contributed by atoms with Crippen LogP contribution in [0.1, 0.15) is 45.9 Å². The van der Waals surface area contributed by atoms with Gasteiger partial charge in [0.15, 0.2) is 5.69 Å². The van der Waals surface area contributed by atoms with E-state index in [-0.39, 0.29) is 48.8 Å². The van der Waals surface area contributed by atoms with E-state index in [4.69, 9.17) is 14.0 Å². The second-order valence-corrected chi connectivity index (χ2v) is 8.03. The first-order valence-electron chi connectivity index (χ1n) is 10.5.